The second-order valence-electron chi connectivity index (χ2n) is 7.91. The van der Waals surface area contributed by atoms with E-state index in [-0.39, 0.29) is 17.4 Å². The fourth-order valence-electron chi connectivity index (χ4n) is 3.71. The zero-order chi connectivity index (χ0) is 24.1. The van der Waals surface area contributed by atoms with Crippen molar-refractivity contribution in [3.05, 3.63) is 117 Å². The third kappa shape index (κ3) is 5.32. The molecule has 0 saturated carbocycles. The molecule has 8 heteroatoms. The summed E-state index contributed by atoms with van der Waals surface area (Å²) in [5.41, 5.74) is 3.32. The summed E-state index contributed by atoms with van der Waals surface area (Å²) >= 11 is 6.26. The molecule has 0 unspecified atom stereocenters. The number of nitro groups is 1. The molecule has 0 bridgehead atoms. The van der Waals surface area contributed by atoms with E-state index in [2.05, 4.69) is 9.97 Å². The normalized spacial score (nSPS) is 10.7. The van der Waals surface area contributed by atoms with E-state index in [0.29, 0.717) is 23.9 Å². The van der Waals surface area contributed by atoms with E-state index in [1.807, 2.05) is 79.4 Å². The van der Waals surface area contributed by atoms with Gasteiger partial charge >= 0.3 is 11.6 Å². The standard InChI is InChI=1S/C26H23ClN4O3/c1-18-13-22(14-19(2)23(18)27)34-26-24(31(32)33)25(28-17-29-26)30(15-20-9-5-3-6-10-20)16-21-11-7-4-8-12-21/h3-14,17H,15-16H2,1-2H3. The maximum absolute atomic E-state index is 12.2. The van der Waals surface area contributed by atoms with E-state index in [1.54, 1.807) is 12.1 Å². The second-order valence-corrected chi connectivity index (χ2v) is 8.29. The van der Waals surface area contributed by atoms with Crippen LogP contribution in [0.25, 0.3) is 0 Å². The maximum atomic E-state index is 12.2. The molecule has 0 amide bonds. The molecule has 0 radical (unpaired) electrons. The van der Waals surface area contributed by atoms with Crippen LogP contribution in [0.2, 0.25) is 5.02 Å². The molecular formula is C26H23ClN4O3. The first-order chi connectivity index (χ1) is 16.4. The minimum absolute atomic E-state index is 0.123. The number of ether oxygens (including phenoxy) is 1. The summed E-state index contributed by atoms with van der Waals surface area (Å²) < 4.78 is 5.90. The smallest absolute Gasteiger partial charge is 0.373 e. The van der Waals surface area contributed by atoms with Crippen LogP contribution in [0.4, 0.5) is 11.5 Å². The van der Waals surface area contributed by atoms with E-state index in [0.717, 1.165) is 22.3 Å². The van der Waals surface area contributed by atoms with Crippen LogP contribution in [0.3, 0.4) is 0 Å². The molecule has 3 aromatic carbocycles. The summed E-state index contributed by atoms with van der Waals surface area (Å²) in [7, 11) is 0. The van der Waals surface area contributed by atoms with Crippen LogP contribution in [-0.4, -0.2) is 14.9 Å². The summed E-state index contributed by atoms with van der Waals surface area (Å²) in [6.07, 6.45) is 1.29. The molecule has 0 aliphatic heterocycles. The van der Waals surface area contributed by atoms with Crippen LogP contribution in [0.1, 0.15) is 22.3 Å². The van der Waals surface area contributed by atoms with Crippen molar-refractivity contribution in [2.45, 2.75) is 26.9 Å². The number of aryl methyl sites for hydroxylation is 2. The van der Waals surface area contributed by atoms with Gasteiger partial charge in [0.15, 0.2) is 0 Å². The van der Waals surface area contributed by atoms with Gasteiger partial charge in [-0.25, -0.2) is 4.98 Å². The SMILES string of the molecule is Cc1cc(Oc2ncnc(N(Cc3ccccc3)Cc3ccccc3)c2[N+](=O)[O-])cc(C)c1Cl. The van der Waals surface area contributed by atoms with Crippen molar-refractivity contribution in [3.63, 3.8) is 0 Å². The number of hydrogen-bond donors (Lipinski definition) is 0. The Labute approximate surface area is 202 Å². The van der Waals surface area contributed by atoms with Gasteiger partial charge in [-0.05, 0) is 48.2 Å². The molecule has 4 rings (SSSR count). The Bertz CT molecular complexity index is 1240. The number of aromatic nitrogens is 2. The topological polar surface area (TPSA) is 81.4 Å². The van der Waals surface area contributed by atoms with Gasteiger partial charge < -0.3 is 9.64 Å². The predicted octanol–water partition coefficient (Wildman–Crippen LogP) is 6.65. The van der Waals surface area contributed by atoms with Crippen molar-refractivity contribution < 1.29 is 9.66 Å². The monoisotopic (exact) mass is 474 g/mol. The Morgan fingerprint density at radius 1 is 0.912 bits per heavy atom. The van der Waals surface area contributed by atoms with E-state index in [9.17, 15) is 10.1 Å². The Hall–Kier alpha value is -3.97. The van der Waals surface area contributed by atoms with Crippen LogP contribution < -0.4 is 9.64 Å². The average Bonchev–Trinajstić information content (AvgIpc) is 2.83. The van der Waals surface area contributed by atoms with E-state index in [1.165, 1.54) is 6.33 Å². The Kier molecular flexibility index (Phi) is 7.04. The highest BCUT2D eigenvalue weighted by Gasteiger charge is 2.29. The van der Waals surface area contributed by atoms with Crippen molar-refractivity contribution in [1.82, 2.24) is 9.97 Å². The molecular weight excluding hydrogens is 452 g/mol. The molecule has 0 fully saturated rings. The average molecular weight is 475 g/mol. The second kappa shape index (κ2) is 10.3. The highest BCUT2D eigenvalue weighted by molar-refractivity contribution is 6.32. The van der Waals surface area contributed by atoms with Crippen LogP contribution in [0.5, 0.6) is 11.6 Å². The zero-order valence-electron chi connectivity index (χ0n) is 18.8. The summed E-state index contributed by atoms with van der Waals surface area (Å²) in [4.78, 5) is 22.0. The minimum atomic E-state index is -0.497. The third-order valence-electron chi connectivity index (χ3n) is 5.31. The van der Waals surface area contributed by atoms with E-state index in [4.69, 9.17) is 16.3 Å². The number of anilines is 1. The zero-order valence-corrected chi connectivity index (χ0v) is 19.6. The van der Waals surface area contributed by atoms with Crippen molar-refractivity contribution in [2.75, 3.05) is 4.90 Å². The lowest BCUT2D eigenvalue weighted by Crippen LogP contribution is -2.24. The molecule has 4 aromatic rings. The molecule has 7 nitrogen and oxygen atoms in total. The molecule has 172 valence electrons. The molecule has 0 spiro atoms. The highest BCUT2D eigenvalue weighted by atomic mass is 35.5. The number of halogens is 1. The molecule has 0 atom stereocenters. The van der Waals surface area contributed by atoms with Crippen molar-refractivity contribution in [2.24, 2.45) is 0 Å². The summed E-state index contributed by atoms with van der Waals surface area (Å²) in [6, 6.07) is 23.0. The Balaban J connectivity index is 1.77. The number of rotatable bonds is 8. The van der Waals surface area contributed by atoms with Gasteiger partial charge in [-0.15, -0.1) is 0 Å². The van der Waals surface area contributed by atoms with Gasteiger partial charge in [0.2, 0.25) is 5.82 Å². The first-order valence-corrected chi connectivity index (χ1v) is 11.1. The molecule has 34 heavy (non-hydrogen) atoms. The lowest BCUT2D eigenvalue weighted by molar-refractivity contribution is -0.385. The van der Waals surface area contributed by atoms with Gasteiger partial charge in [-0.1, -0.05) is 72.3 Å². The molecule has 0 aliphatic carbocycles. The third-order valence-corrected chi connectivity index (χ3v) is 5.90. The van der Waals surface area contributed by atoms with E-state index < -0.39 is 4.92 Å². The Morgan fingerprint density at radius 2 is 1.44 bits per heavy atom. The first kappa shape index (κ1) is 23.2. The van der Waals surface area contributed by atoms with Gasteiger partial charge in [0.1, 0.15) is 12.1 Å². The van der Waals surface area contributed by atoms with Gasteiger partial charge in [-0.3, -0.25) is 10.1 Å². The fourth-order valence-corrected chi connectivity index (χ4v) is 3.82. The predicted molar refractivity (Wildman–Crippen MR) is 132 cm³/mol. The van der Waals surface area contributed by atoms with Crippen LogP contribution >= 0.6 is 11.6 Å². The summed E-state index contributed by atoms with van der Waals surface area (Å²) in [5.74, 6) is 0.483. The lowest BCUT2D eigenvalue weighted by Gasteiger charge is -2.24. The summed E-state index contributed by atoms with van der Waals surface area (Å²) in [6.45, 7) is 4.55. The maximum Gasteiger partial charge on any atom is 0.373 e. The molecule has 0 saturated heterocycles. The highest BCUT2D eigenvalue weighted by Crippen LogP contribution is 2.38. The largest absolute Gasteiger partial charge is 0.434 e. The Morgan fingerprint density at radius 3 is 1.94 bits per heavy atom. The quantitative estimate of drug-likeness (QED) is 0.210. The van der Waals surface area contributed by atoms with Crippen molar-refractivity contribution in [1.29, 1.82) is 0 Å². The molecule has 1 aromatic heterocycles. The van der Waals surface area contributed by atoms with Crippen molar-refractivity contribution >= 4 is 23.1 Å². The molecule has 0 N–H and O–H groups in total. The lowest BCUT2D eigenvalue weighted by atomic mass is 10.1. The minimum Gasteiger partial charge on any atom is -0.434 e. The van der Waals surface area contributed by atoms with Crippen LogP contribution in [0, 0.1) is 24.0 Å². The van der Waals surface area contributed by atoms with E-state index >= 15 is 0 Å². The number of nitrogens with zero attached hydrogens (tertiary/aromatic N) is 4. The van der Waals surface area contributed by atoms with Gasteiger partial charge in [0.25, 0.3) is 0 Å². The van der Waals surface area contributed by atoms with Gasteiger partial charge in [0, 0.05) is 18.1 Å². The molecule has 0 aliphatic rings. The van der Waals surface area contributed by atoms with Crippen LogP contribution in [-0.2, 0) is 13.1 Å². The summed E-state index contributed by atoms with van der Waals surface area (Å²) in [5, 5.41) is 12.9. The van der Waals surface area contributed by atoms with Crippen molar-refractivity contribution in [3.8, 4) is 11.6 Å². The fraction of sp³-hybridized carbons (Fsp3) is 0.154. The van der Waals surface area contributed by atoms with Gasteiger partial charge in [0.05, 0.1) is 4.92 Å². The number of hydrogen-bond acceptors (Lipinski definition) is 6. The van der Waals surface area contributed by atoms with Gasteiger partial charge in [-0.2, -0.15) is 4.98 Å². The van der Waals surface area contributed by atoms with Crippen LogP contribution in [0.15, 0.2) is 79.1 Å². The molecule has 1 heterocycles. The number of benzene rings is 3. The first-order valence-electron chi connectivity index (χ1n) is 10.7.